The second kappa shape index (κ2) is 7.44. The first-order valence-electron chi connectivity index (χ1n) is 5.94. The van der Waals surface area contributed by atoms with Crippen molar-refractivity contribution in [1.82, 2.24) is 4.98 Å². The van der Waals surface area contributed by atoms with E-state index in [1.807, 2.05) is 0 Å². The van der Waals surface area contributed by atoms with E-state index in [-0.39, 0.29) is 43.3 Å². The van der Waals surface area contributed by atoms with Gasteiger partial charge in [-0.3, -0.25) is 0 Å². The summed E-state index contributed by atoms with van der Waals surface area (Å²) in [7, 11) is -1.42. The number of rotatable bonds is 3. The summed E-state index contributed by atoms with van der Waals surface area (Å²) in [6.45, 7) is 13.9. The molecule has 0 atom stereocenters. The molecule has 0 amide bonds. The molecule has 0 bridgehead atoms. The second-order valence-electron chi connectivity index (χ2n) is 5.96. The van der Waals surface area contributed by atoms with E-state index in [1.54, 1.807) is 10.8 Å². The van der Waals surface area contributed by atoms with Crippen molar-refractivity contribution in [2.45, 2.75) is 59.2 Å². The molecule has 0 saturated heterocycles. The third-order valence-corrected chi connectivity index (χ3v) is 6.26. The summed E-state index contributed by atoms with van der Waals surface area (Å²) in [5, 5.41) is 1.69. The maximum atomic E-state index is 3.84. The molecular weight excluding hydrogens is 212 g/mol. The van der Waals surface area contributed by atoms with Crippen molar-refractivity contribution in [2.24, 2.45) is 0 Å². The zero-order valence-corrected chi connectivity index (χ0v) is 12.1. The standard InChI is InChI=1S/C13H25NSi.2Li.2H/c1-7-11-9-8-10-12(11)15(5,6)14-13(2,3)4;;;;/h8-9,14H,7,10H2,1-6H3;;;;. The Balaban J connectivity index is 0. The van der Waals surface area contributed by atoms with Crippen LogP contribution in [0.1, 0.15) is 40.5 Å². The number of nitrogens with one attached hydrogen (secondary N) is 1. The topological polar surface area (TPSA) is 12.0 Å². The first kappa shape index (κ1) is 20.2. The molecular formula is C13H27Li2NSi. The van der Waals surface area contributed by atoms with E-state index < -0.39 is 8.24 Å². The predicted octanol–water partition coefficient (Wildman–Crippen LogP) is 2.49. The molecule has 0 heterocycles. The van der Waals surface area contributed by atoms with Gasteiger partial charge in [0.25, 0.3) is 0 Å². The molecule has 0 aromatic carbocycles. The fourth-order valence-electron chi connectivity index (χ4n) is 2.55. The fourth-order valence-corrected chi connectivity index (χ4v) is 6.27. The normalized spacial score (nSPS) is 15.6. The van der Waals surface area contributed by atoms with Crippen molar-refractivity contribution in [3.8, 4) is 0 Å². The van der Waals surface area contributed by atoms with Gasteiger partial charge in [-0.05, 0) is 33.6 Å². The van der Waals surface area contributed by atoms with Gasteiger partial charge in [0.1, 0.15) is 8.24 Å². The Morgan fingerprint density at radius 3 is 2.18 bits per heavy atom. The SMILES string of the molecule is CCC1=C([Si](C)(C)NC(C)(C)C)CC=C1.[LiH].[LiH]. The molecule has 0 aromatic heterocycles. The first-order valence-corrected chi connectivity index (χ1v) is 8.94. The van der Waals surface area contributed by atoms with Gasteiger partial charge in [-0.15, -0.1) is 0 Å². The van der Waals surface area contributed by atoms with Gasteiger partial charge in [-0.25, -0.2) is 0 Å². The predicted molar refractivity (Wildman–Crippen MR) is 85.7 cm³/mol. The molecule has 1 aliphatic rings. The van der Waals surface area contributed by atoms with Gasteiger partial charge in [-0.2, -0.15) is 0 Å². The van der Waals surface area contributed by atoms with E-state index in [4.69, 9.17) is 0 Å². The molecule has 4 heteroatoms. The molecule has 1 nitrogen and oxygen atoms in total. The molecule has 0 aliphatic heterocycles. The maximum absolute atomic E-state index is 3.84. The van der Waals surface area contributed by atoms with E-state index in [0.29, 0.717) is 0 Å². The minimum absolute atomic E-state index is 0. The molecule has 17 heavy (non-hydrogen) atoms. The summed E-state index contributed by atoms with van der Waals surface area (Å²) in [5.41, 5.74) is 1.80. The van der Waals surface area contributed by atoms with Crippen LogP contribution in [0.25, 0.3) is 0 Å². The quantitative estimate of drug-likeness (QED) is 0.746. The van der Waals surface area contributed by atoms with Crippen LogP contribution in [-0.4, -0.2) is 51.5 Å². The van der Waals surface area contributed by atoms with Crippen molar-refractivity contribution >= 4 is 46.0 Å². The average molecular weight is 239 g/mol. The van der Waals surface area contributed by atoms with Crippen molar-refractivity contribution in [1.29, 1.82) is 0 Å². The molecule has 0 radical (unpaired) electrons. The summed E-state index contributed by atoms with van der Waals surface area (Å²) in [4.78, 5) is 3.84. The van der Waals surface area contributed by atoms with Crippen LogP contribution in [0.3, 0.4) is 0 Å². The third kappa shape index (κ3) is 6.02. The number of hydrogen-bond acceptors (Lipinski definition) is 1. The van der Waals surface area contributed by atoms with E-state index in [1.165, 1.54) is 12.8 Å². The molecule has 0 spiro atoms. The molecule has 0 saturated carbocycles. The Hall–Kier alpha value is 0.852. The fraction of sp³-hybridized carbons (Fsp3) is 0.692. The van der Waals surface area contributed by atoms with Gasteiger partial charge < -0.3 is 4.98 Å². The molecule has 1 rings (SSSR count). The van der Waals surface area contributed by atoms with Gasteiger partial charge in [0.2, 0.25) is 0 Å². The van der Waals surface area contributed by atoms with Gasteiger partial charge in [0.05, 0.1) is 0 Å². The van der Waals surface area contributed by atoms with Gasteiger partial charge >= 0.3 is 37.7 Å². The molecule has 1 N–H and O–H groups in total. The molecule has 0 aromatic rings. The molecule has 90 valence electrons. The molecule has 0 fully saturated rings. The first-order chi connectivity index (χ1) is 6.76. The Labute approximate surface area is 132 Å². The van der Waals surface area contributed by atoms with Crippen LogP contribution >= 0.6 is 0 Å². The van der Waals surface area contributed by atoms with Crippen LogP contribution in [0.2, 0.25) is 13.1 Å². The summed E-state index contributed by atoms with van der Waals surface area (Å²) in [5.74, 6) is 0. The van der Waals surface area contributed by atoms with Crippen molar-refractivity contribution in [2.75, 3.05) is 0 Å². The van der Waals surface area contributed by atoms with Crippen LogP contribution in [0, 0.1) is 0 Å². The molecule has 1 aliphatic carbocycles. The minimum atomic E-state index is -1.42. The van der Waals surface area contributed by atoms with E-state index in [9.17, 15) is 0 Å². The third-order valence-electron chi connectivity index (χ3n) is 2.85. The Bertz CT molecular complexity index is 301. The van der Waals surface area contributed by atoms with Crippen molar-refractivity contribution in [3.63, 3.8) is 0 Å². The van der Waals surface area contributed by atoms with Crippen LogP contribution < -0.4 is 4.98 Å². The van der Waals surface area contributed by atoms with E-state index in [2.05, 4.69) is 57.9 Å². The summed E-state index contributed by atoms with van der Waals surface area (Å²) in [6, 6.07) is 0. The Morgan fingerprint density at radius 1 is 1.24 bits per heavy atom. The summed E-state index contributed by atoms with van der Waals surface area (Å²) < 4.78 is 0. The zero-order valence-electron chi connectivity index (χ0n) is 11.1. The van der Waals surface area contributed by atoms with E-state index >= 15 is 0 Å². The van der Waals surface area contributed by atoms with Crippen LogP contribution in [0.15, 0.2) is 22.9 Å². The van der Waals surface area contributed by atoms with E-state index in [0.717, 1.165) is 0 Å². The van der Waals surface area contributed by atoms with Crippen LogP contribution in [-0.2, 0) is 0 Å². The van der Waals surface area contributed by atoms with Crippen molar-refractivity contribution in [3.05, 3.63) is 22.9 Å². The second-order valence-corrected chi connectivity index (χ2v) is 10.1. The molecule has 0 unspecified atom stereocenters. The van der Waals surface area contributed by atoms with Gasteiger partial charge in [0.15, 0.2) is 0 Å². The van der Waals surface area contributed by atoms with Crippen LogP contribution in [0.4, 0.5) is 0 Å². The average Bonchev–Trinajstić information content (AvgIpc) is 2.46. The monoisotopic (exact) mass is 239 g/mol. The Kier molecular flexibility index (Phi) is 8.83. The van der Waals surface area contributed by atoms with Crippen molar-refractivity contribution < 1.29 is 0 Å². The summed E-state index contributed by atoms with van der Waals surface area (Å²) in [6.07, 6.45) is 6.97. The zero-order chi connectivity index (χ0) is 11.7. The van der Waals surface area contributed by atoms with Gasteiger partial charge in [-0.1, -0.05) is 42.9 Å². The summed E-state index contributed by atoms with van der Waals surface area (Å²) >= 11 is 0. The number of hydrogen-bond donors (Lipinski definition) is 1. The van der Waals surface area contributed by atoms with Crippen LogP contribution in [0.5, 0.6) is 0 Å². The Morgan fingerprint density at radius 2 is 1.76 bits per heavy atom. The van der Waals surface area contributed by atoms with Gasteiger partial charge in [0, 0.05) is 5.54 Å². The number of allylic oxidation sites excluding steroid dienone is 4.